The van der Waals surface area contributed by atoms with Gasteiger partial charge in [0.05, 0.1) is 0 Å². The van der Waals surface area contributed by atoms with Crippen molar-refractivity contribution < 1.29 is 0 Å². The molecule has 36 valence electrons. The summed E-state index contributed by atoms with van der Waals surface area (Å²) in [5.74, 6) is 0. The Bertz CT molecular complexity index is 7.61. The van der Waals surface area contributed by atoms with Crippen molar-refractivity contribution >= 4 is 72.5 Å². The summed E-state index contributed by atoms with van der Waals surface area (Å²) in [6.07, 6.45) is 0. The van der Waals surface area contributed by atoms with Crippen molar-refractivity contribution in [2.24, 2.45) is 0 Å². The van der Waals surface area contributed by atoms with Gasteiger partial charge in [0.2, 0.25) is 0 Å². The fraction of sp³-hybridized carbons (Fsp3) is 0. The van der Waals surface area contributed by atoms with E-state index < -0.39 is 0 Å². The summed E-state index contributed by atoms with van der Waals surface area (Å²) in [6, 6.07) is 0. The fourth-order valence-electron chi connectivity index (χ4n) is 0. The highest BCUT2D eigenvalue weighted by Gasteiger charge is 1.00. The molecule has 5 heteroatoms. The zero-order valence-electron chi connectivity index (χ0n) is 1.92. The lowest BCUT2D eigenvalue weighted by Crippen LogP contribution is -0.235. The van der Waals surface area contributed by atoms with Gasteiger partial charge < -0.3 is 0 Å². The SMILES string of the molecule is Br.ClBr.ClI. The molecule has 0 amide bonds. The van der Waals surface area contributed by atoms with Crippen LogP contribution in [-0.2, 0) is 0 Å². The van der Waals surface area contributed by atoms with Gasteiger partial charge >= 0.3 is 0 Å². The number of halogens is 5. The number of hydrogen-bond donors (Lipinski definition) is 0. The topological polar surface area (TPSA) is 0 Å². The Morgan fingerprint density at radius 3 is 1.20 bits per heavy atom. The van der Waals surface area contributed by atoms with Crippen LogP contribution >= 0.6 is 72.5 Å². The Labute approximate surface area is 71.6 Å². The summed E-state index contributed by atoms with van der Waals surface area (Å²) in [6.45, 7) is 0. The average molecular weight is 359 g/mol. The molecular formula is HBr2Cl2I. The van der Waals surface area contributed by atoms with Gasteiger partial charge in [0, 0.05) is 36.5 Å². The molecule has 0 N–H and O–H groups in total. The maximum atomic E-state index is 4.61. The zero-order valence-corrected chi connectivity index (χ0v) is 8.89. The highest BCUT2D eigenvalue weighted by Crippen LogP contribution is 1.79. The van der Waals surface area contributed by atoms with Crippen molar-refractivity contribution in [3.8, 4) is 0 Å². The number of hydrogen-bond acceptors (Lipinski definition) is 0. The van der Waals surface area contributed by atoms with Crippen LogP contribution in [-0.4, -0.2) is 0 Å². The van der Waals surface area contributed by atoms with Crippen molar-refractivity contribution in [1.82, 2.24) is 0 Å². The quantitative estimate of drug-likeness (QED) is 0.579. The molecule has 0 saturated heterocycles. The molecule has 0 unspecified atom stereocenters. The van der Waals surface area contributed by atoms with E-state index in [4.69, 9.17) is 0 Å². The van der Waals surface area contributed by atoms with Gasteiger partial charge in [-0.2, -0.15) is 0 Å². The summed E-state index contributed by atoms with van der Waals surface area (Å²) in [4.78, 5) is 0. The molecule has 0 atom stereocenters. The molecule has 0 rings (SSSR count). The van der Waals surface area contributed by atoms with E-state index in [1.165, 1.54) is 0 Å². The normalized spacial score (nSPS) is 2.40. The van der Waals surface area contributed by atoms with Crippen molar-refractivity contribution in [3.63, 3.8) is 0 Å². The minimum Gasteiger partial charge on any atom is -0.114 e. The van der Waals surface area contributed by atoms with Crippen molar-refractivity contribution in [3.05, 3.63) is 0 Å². The molecule has 0 aromatic rings. The highest BCUT2D eigenvalue weighted by atomic mass is 127. The molecule has 0 aliphatic rings. The van der Waals surface area contributed by atoms with Crippen LogP contribution in [0, 0.1) is 0 Å². The van der Waals surface area contributed by atoms with Gasteiger partial charge in [-0.1, -0.05) is 0 Å². The van der Waals surface area contributed by atoms with Gasteiger partial charge in [0.15, 0.2) is 0 Å². The van der Waals surface area contributed by atoms with Gasteiger partial charge in [0.1, 0.15) is 0 Å². The molecular weight excluding hydrogens is 358 g/mol. The molecule has 0 aromatic carbocycles. The highest BCUT2D eigenvalue weighted by molar-refractivity contribution is 14.1. The van der Waals surface area contributed by atoms with Gasteiger partial charge in [-0.3, -0.25) is 0 Å². The molecule has 0 heterocycles. The minimum atomic E-state index is 0. The van der Waals surface area contributed by atoms with Crippen molar-refractivity contribution in [2.45, 2.75) is 0 Å². The number of rotatable bonds is 0. The third-order valence-electron chi connectivity index (χ3n) is 0. The van der Waals surface area contributed by atoms with Crippen LogP contribution in [0.2, 0.25) is 0 Å². The molecule has 0 saturated carbocycles. The van der Waals surface area contributed by atoms with E-state index >= 15 is 0 Å². The van der Waals surface area contributed by atoms with E-state index in [0.29, 0.717) is 0 Å². The van der Waals surface area contributed by atoms with E-state index in [2.05, 4.69) is 34.0 Å². The molecule has 0 spiro atoms. The fourth-order valence-corrected chi connectivity index (χ4v) is 0. The second-order valence-corrected chi connectivity index (χ2v) is 0. The summed E-state index contributed by atoms with van der Waals surface area (Å²) < 4.78 is 0. The first kappa shape index (κ1) is 15.7. The zero-order chi connectivity index (χ0) is 4.00. The average Bonchev–Trinajstić information content (AvgIpc) is 1.50. The Morgan fingerprint density at radius 2 is 1.20 bits per heavy atom. The van der Waals surface area contributed by atoms with Crippen LogP contribution in [0.3, 0.4) is 0 Å². The Hall–Kier alpha value is 2.27. The second kappa shape index (κ2) is 33.8. The second-order valence-electron chi connectivity index (χ2n) is 0. The third kappa shape index (κ3) is 22.2. The van der Waals surface area contributed by atoms with Crippen LogP contribution < -0.4 is 0 Å². The van der Waals surface area contributed by atoms with E-state index in [-0.39, 0.29) is 17.0 Å². The van der Waals surface area contributed by atoms with Gasteiger partial charge in [-0.25, -0.2) is 0 Å². The Balaban J connectivity index is -0.0000000133. The lowest BCUT2D eigenvalue weighted by Gasteiger charge is -1.00. The minimum absolute atomic E-state index is 0. The van der Waals surface area contributed by atoms with E-state index in [1.807, 2.05) is 0 Å². The first-order valence-electron chi connectivity index (χ1n) is 0.286. The maximum Gasteiger partial charge on any atom is 0.0425 e. The molecule has 0 aliphatic heterocycles. The predicted molar refractivity (Wildman–Crippen MR) is 45.0 cm³/mol. The monoisotopic (exact) mass is 356 g/mol. The van der Waals surface area contributed by atoms with E-state index in [9.17, 15) is 0 Å². The Morgan fingerprint density at radius 1 is 1.20 bits per heavy atom. The molecule has 0 nitrogen and oxygen atoms in total. The predicted octanol–water partition coefficient (Wildman–Crippen LogP) is 3.69. The Kier molecular flexibility index (Phi) is 106. The summed E-state index contributed by atoms with van der Waals surface area (Å²) >= 11 is 4.03. The molecule has 0 radical (unpaired) electrons. The van der Waals surface area contributed by atoms with Gasteiger partial charge in [0.25, 0.3) is 0 Å². The maximum absolute atomic E-state index is 4.61. The first-order chi connectivity index (χ1) is 2.00. The van der Waals surface area contributed by atoms with Gasteiger partial charge in [-0.15, -0.1) is 17.0 Å². The molecule has 5 heavy (non-hydrogen) atoms. The van der Waals surface area contributed by atoms with Gasteiger partial charge in [-0.05, 0) is 19.0 Å². The summed E-state index contributed by atoms with van der Waals surface area (Å²) in [5.41, 5.74) is 0. The van der Waals surface area contributed by atoms with Crippen molar-refractivity contribution in [1.29, 1.82) is 0 Å². The van der Waals surface area contributed by atoms with Crippen LogP contribution in [0.1, 0.15) is 0 Å². The van der Waals surface area contributed by atoms with Crippen molar-refractivity contribution in [2.75, 3.05) is 0 Å². The smallest absolute Gasteiger partial charge is 0.0425 e. The summed E-state index contributed by atoms with van der Waals surface area (Å²) in [5, 5.41) is 0. The molecule has 0 fully saturated rings. The molecule has 0 aliphatic carbocycles. The summed E-state index contributed by atoms with van der Waals surface area (Å²) in [7, 11) is 9.06. The first-order valence-corrected chi connectivity index (χ1v) is 5.10. The molecule has 0 aromatic heterocycles. The van der Waals surface area contributed by atoms with Crippen LogP contribution in [0.25, 0.3) is 0 Å². The standard InChI is InChI=1S/BrCl.BrH.ClI/c1-2;;1-2/h;1H;. The lowest BCUT2D eigenvalue weighted by atomic mass is 35.4. The lowest BCUT2D eigenvalue weighted by molar-refractivity contribution is 5.56. The van der Waals surface area contributed by atoms with Crippen LogP contribution in [0.15, 0.2) is 0 Å². The van der Waals surface area contributed by atoms with Crippen LogP contribution in [0.5, 0.6) is 0 Å². The van der Waals surface area contributed by atoms with Crippen LogP contribution in [0.4, 0.5) is 0 Å². The van der Waals surface area contributed by atoms with E-state index in [1.54, 1.807) is 21.5 Å². The molecule has 0 bridgehead atoms. The third-order valence-corrected chi connectivity index (χ3v) is 0. The largest absolute Gasteiger partial charge is 0.114 e. The van der Waals surface area contributed by atoms with E-state index in [0.717, 1.165) is 0 Å².